The molecule has 0 fully saturated rings. The first kappa shape index (κ1) is 22.8. The Bertz CT molecular complexity index is 1020. The van der Waals surface area contributed by atoms with Crippen molar-refractivity contribution in [3.8, 4) is 17.2 Å². The van der Waals surface area contributed by atoms with Crippen LogP contribution in [0.4, 0.5) is 5.69 Å². The average Bonchev–Trinajstić information content (AvgIpc) is 2.74. The first-order chi connectivity index (χ1) is 14.8. The van der Waals surface area contributed by atoms with Crippen LogP contribution < -0.4 is 18.9 Å². The fraction of sp³-hybridized carbons (Fsp3) is 0.280. The minimum atomic E-state index is -3.81. The Morgan fingerprint density at radius 2 is 1.29 bits per heavy atom. The van der Waals surface area contributed by atoms with Gasteiger partial charge in [-0.15, -0.1) is 0 Å². The van der Waals surface area contributed by atoms with Gasteiger partial charge in [-0.2, -0.15) is 0 Å². The molecule has 0 aliphatic heterocycles. The van der Waals surface area contributed by atoms with E-state index in [4.69, 9.17) is 13.8 Å². The maximum atomic E-state index is 13.9. The van der Waals surface area contributed by atoms with Crippen LogP contribution in [0, 0.1) is 27.7 Å². The summed E-state index contributed by atoms with van der Waals surface area (Å²) in [5, 5.41) is 2.98. The molecule has 0 heterocycles. The van der Waals surface area contributed by atoms with Crippen molar-refractivity contribution in [1.29, 1.82) is 0 Å². The van der Waals surface area contributed by atoms with Crippen LogP contribution >= 0.6 is 7.75 Å². The molecule has 0 radical (unpaired) electrons. The van der Waals surface area contributed by atoms with Crippen molar-refractivity contribution in [2.45, 2.75) is 41.0 Å². The van der Waals surface area contributed by atoms with Crippen molar-refractivity contribution in [1.82, 2.24) is 0 Å². The lowest BCUT2D eigenvalue weighted by Crippen LogP contribution is -2.11. The molecular formula is C25H30NO4P. The van der Waals surface area contributed by atoms with Crippen LogP contribution in [0.15, 0.2) is 60.7 Å². The summed E-state index contributed by atoms with van der Waals surface area (Å²) in [6, 6.07) is 18.6. The van der Waals surface area contributed by atoms with E-state index in [2.05, 4.69) is 12.0 Å². The summed E-state index contributed by atoms with van der Waals surface area (Å²) >= 11 is 0. The Kier molecular flexibility index (Phi) is 7.29. The summed E-state index contributed by atoms with van der Waals surface area (Å²) in [6.07, 6.45) is 0.933. The number of hydrogen-bond donors (Lipinski definition) is 1. The Hall–Kier alpha value is -2.91. The zero-order valence-electron chi connectivity index (χ0n) is 18.8. The van der Waals surface area contributed by atoms with Gasteiger partial charge in [0.15, 0.2) is 0 Å². The molecule has 0 saturated carbocycles. The Balaban J connectivity index is 1.92. The van der Waals surface area contributed by atoms with Crippen molar-refractivity contribution >= 4 is 13.4 Å². The van der Waals surface area contributed by atoms with Gasteiger partial charge in [-0.05, 0) is 92.8 Å². The molecule has 6 heteroatoms. The number of rotatable bonds is 9. The number of anilines is 1. The first-order valence-corrected chi connectivity index (χ1v) is 12.0. The lowest BCUT2D eigenvalue weighted by molar-refractivity contribution is 0.317. The van der Waals surface area contributed by atoms with Crippen LogP contribution in [0.1, 0.15) is 35.6 Å². The Labute approximate surface area is 185 Å². The second kappa shape index (κ2) is 9.93. The minimum absolute atomic E-state index is 0.518. The summed E-state index contributed by atoms with van der Waals surface area (Å²) in [5.74, 6) is 1.79. The zero-order valence-corrected chi connectivity index (χ0v) is 19.7. The van der Waals surface area contributed by atoms with E-state index in [-0.39, 0.29) is 0 Å². The third kappa shape index (κ3) is 5.83. The second-order valence-corrected chi connectivity index (χ2v) is 9.14. The van der Waals surface area contributed by atoms with Crippen molar-refractivity contribution in [2.75, 3.05) is 11.7 Å². The minimum Gasteiger partial charge on any atom is -0.494 e. The number of benzene rings is 3. The molecule has 3 aromatic rings. The van der Waals surface area contributed by atoms with Gasteiger partial charge in [0.25, 0.3) is 0 Å². The fourth-order valence-electron chi connectivity index (χ4n) is 2.97. The van der Waals surface area contributed by atoms with E-state index in [1.54, 1.807) is 24.3 Å². The first-order valence-electron chi connectivity index (χ1n) is 10.4. The van der Waals surface area contributed by atoms with Crippen LogP contribution in [0.3, 0.4) is 0 Å². The van der Waals surface area contributed by atoms with Gasteiger partial charge in [0.1, 0.15) is 17.2 Å². The molecule has 1 N–H and O–H groups in total. The summed E-state index contributed by atoms with van der Waals surface area (Å²) < 4.78 is 31.6. The van der Waals surface area contributed by atoms with E-state index in [1.807, 2.05) is 64.1 Å². The Morgan fingerprint density at radius 1 is 0.774 bits per heavy atom. The molecule has 31 heavy (non-hydrogen) atoms. The highest BCUT2D eigenvalue weighted by Crippen LogP contribution is 2.50. The third-order valence-electron chi connectivity index (χ3n) is 5.14. The fourth-order valence-corrected chi connectivity index (χ4v) is 4.48. The summed E-state index contributed by atoms with van der Waals surface area (Å²) in [5.41, 5.74) is 4.54. The molecule has 0 spiro atoms. The lowest BCUT2D eigenvalue weighted by atomic mass is 10.1. The highest BCUT2D eigenvalue weighted by molar-refractivity contribution is 7.56. The Morgan fingerprint density at radius 3 is 1.77 bits per heavy atom. The van der Waals surface area contributed by atoms with Crippen LogP contribution in [0.2, 0.25) is 0 Å². The van der Waals surface area contributed by atoms with Gasteiger partial charge in [0, 0.05) is 5.69 Å². The smallest absolute Gasteiger partial charge is 0.494 e. The molecular weight excluding hydrogens is 409 g/mol. The normalized spacial score (nSPS) is 11.1. The lowest BCUT2D eigenvalue weighted by Gasteiger charge is -2.23. The van der Waals surface area contributed by atoms with Gasteiger partial charge in [-0.1, -0.05) is 31.2 Å². The molecule has 164 valence electrons. The second-order valence-electron chi connectivity index (χ2n) is 7.56. The predicted octanol–water partition coefficient (Wildman–Crippen LogP) is 7.39. The maximum Gasteiger partial charge on any atom is 0.541 e. The molecule has 0 amide bonds. The molecule has 0 atom stereocenters. The van der Waals surface area contributed by atoms with E-state index in [0.29, 0.717) is 23.8 Å². The van der Waals surface area contributed by atoms with Gasteiger partial charge in [-0.25, -0.2) is 4.57 Å². The van der Waals surface area contributed by atoms with E-state index < -0.39 is 7.75 Å². The molecule has 5 nitrogen and oxygen atoms in total. The highest BCUT2D eigenvalue weighted by atomic mass is 31.2. The molecule has 0 aromatic heterocycles. The molecule has 3 rings (SSSR count). The number of aryl methyl sites for hydroxylation is 2. The highest BCUT2D eigenvalue weighted by Gasteiger charge is 2.30. The summed E-state index contributed by atoms with van der Waals surface area (Å²) in [7, 11) is -3.81. The van der Waals surface area contributed by atoms with E-state index in [9.17, 15) is 4.57 Å². The van der Waals surface area contributed by atoms with E-state index in [0.717, 1.165) is 34.4 Å². The maximum absolute atomic E-state index is 13.9. The summed E-state index contributed by atoms with van der Waals surface area (Å²) in [6.45, 7) is 10.6. The molecule has 0 saturated heterocycles. The molecule has 0 bridgehead atoms. The van der Waals surface area contributed by atoms with Crippen LogP contribution in [-0.4, -0.2) is 6.61 Å². The van der Waals surface area contributed by atoms with Gasteiger partial charge in [0.2, 0.25) is 0 Å². The van der Waals surface area contributed by atoms with Gasteiger partial charge in [-0.3, -0.25) is 5.09 Å². The van der Waals surface area contributed by atoms with E-state index in [1.165, 1.54) is 0 Å². The topological polar surface area (TPSA) is 56.8 Å². The standard InChI is InChI=1S/C25H30NO4P/c1-6-17-28-23-15-13-22(14-16-23)26-31(27,29-24-11-7-9-18(2)20(24)4)30-25-12-8-10-19(3)21(25)5/h7-16H,6,17H2,1-5H3,(H,26,27). The van der Waals surface area contributed by atoms with E-state index >= 15 is 0 Å². The van der Waals surface area contributed by atoms with Gasteiger partial charge >= 0.3 is 7.75 Å². The van der Waals surface area contributed by atoms with Crippen molar-refractivity contribution in [3.63, 3.8) is 0 Å². The van der Waals surface area contributed by atoms with Crippen molar-refractivity contribution in [3.05, 3.63) is 82.9 Å². The SMILES string of the molecule is CCCOc1ccc(NP(=O)(Oc2cccc(C)c2C)Oc2cccc(C)c2C)cc1. The molecule has 0 aliphatic rings. The largest absolute Gasteiger partial charge is 0.541 e. The molecule has 3 aromatic carbocycles. The van der Waals surface area contributed by atoms with Crippen LogP contribution in [0.5, 0.6) is 17.2 Å². The van der Waals surface area contributed by atoms with Crippen LogP contribution in [0.25, 0.3) is 0 Å². The predicted molar refractivity (Wildman–Crippen MR) is 127 cm³/mol. The zero-order chi connectivity index (χ0) is 22.4. The van der Waals surface area contributed by atoms with Gasteiger partial charge in [0.05, 0.1) is 6.61 Å². The number of hydrogen-bond acceptors (Lipinski definition) is 4. The van der Waals surface area contributed by atoms with Gasteiger partial charge < -0.3 is 13.8 Å². The molecule has 0 aliphatic carbocycles. The van der Waals surface area contributed by atoms with Crippen LogP contribution in [-0.2, 0) is 4.57 Å². The number of ether oxygens (including phenoxy) is 1. The van der Waals surface area contributed by atoms with Crippen molar-refractivity contribution < 1.29 is 18.3 Å². The molecule has 0 unspecified atom stereocenters. The number of nitrogens with one attached hydrogen (secondary N) is 1. The monoisotopic (exact) mass is 439 g/mol. The van der Waals surface area contributed by atoms with Crippen molar-refractivity contribution in [2.24, 2.45) is 0 Å². The summed E-state index contributed by atoms with van der Waals surface area (Å²) in [4.78, 5) is 0. The average molecular weight is 439 g/mol. The quantitative estimate of drug-likeness (QED) is 0.352. The third-order valence-corrected chi connectivity index (χ3v) is 6.55.